The molecule has 108 valence electrons. The lowest BCUT2D eigenvalue weighted by molar-refractivity contribution is 0.729. The molecule has 0 spiro atoms. The molecule has 0 aliphatic heterocycles. The van der Waals surface area contributed by atoms with Crippen LogP contribution in [0.3, 0.4) is 0 Å². The van der Waals surface area contributed by atoms with E-state index in [0.717, 1.165) is 40.4 Å². The fraction of sp³-hybridized carbons (Fsp3) is 0.312. The average molecular weight is 301 g/mol. The van der Waals surface area contributed by atoms with Crippen molar-refractivity contribution in [1.82, 2.24) is 19.5 Å². The predicted octanol–water partition coefficient (Wildman–Crippen LogP) is 3.27. The van der Waals surface area contributed by atoms with Gasteiger partial charge in [0.1, 0.15) is 11.3 Å². The number of alkyl halides is 1. The standard InChI is InChI=1S/C16H17ClN4/c1-11-7-9-18-16-15(11)20-14(6-8-17)21(16)10-13-5-3-4-12(2)19-13/h3-5,7,9H,6,8,10H2,1-2H3. The van der Waals surface area contributed by atoms with E-state index in [9.17, 15) is 0 Å². The summed E-state index contributed by atoms with van der Waals surface area (Å²) in [6.45, 7) is 4.72. The molecular formula is C16H17ClN4. The Labute approximate surface area is 128 Å². The summed E-state index contributed by atoms with van der Waals surface area (Å²) in [5.41, 5.74) is 5.00. The van der Waals surface area contributed by atoms with Crippen molar-refractivity contribution in [3.8, 4) is 0 Å². The van der Waals surface area contributed by atoms with Gasteiger partial charge in [-0.05, 0) is 37.6 Å². The molecule has 0 N–H and O–H groups in total. The summed E-state index contributed by atoms with van der Waals surface area (Å²) in [5.74, 6) is 1.51. The molecule has 0 amide bonds. The predicted molar refractivity (Wildman–Crippen MR) is 84.8 cm³/mol. The summed E-state index contributed by atoms with van der Waals surface area (Å²) in [5, 5.41) is 0. The van der Waals surface area contributed by atoms with E-state index in [1.165, 1.54) is 0 Å². The minimum Gasteiger partial charge on any atom is -0.307 e. The van der Waals surface area contributed by atoms with Gasteiger partial charge in [0.15, 0.2) is 5.65 Å². The van der Waals surface area contributed by atoms with Crippen LogP contribution < -0.4 is 0 Å². The molecule has 0 aliphatic carbocycles. The largest absolute Gasteiger partial charge is 0.307 e. The van der Waals surface area contributed by atoms with Gasteiger partial charge in [0.25, 0.3) is 0 Å². The van der Waals surface area contributed by atoms with Crippen LogP contribution in [0.5, 0.6) is 0 Å². The maximum atomic E-state index is 5.91. The number of hydrogen-bond acceptors (Lipinski definition) is 3. The topological polar surface area (TPSA) is 43.6 Å². The van der Waals surface area contributed by atoms with Crippen molar-refractivity contribution in [3.63, 3.8) is 0 Å². The molecule has 4 nitrogen and oxygen atoms in total. The minimum atomic E-state index is 0.545. The second-order valence-electron chi connectivity index (χ2n) is 5.12. The smallest absolute Gasteiger partial charge is 0.160 e. The molecule has 0 saturated carbocycles. The SMILES string of the molecule is Cc1cccc(Cn2c(CCCl)nc3c(C)ccnc32)n1. The number of hydrogen-bond donors (Lipinski definition) is 0. The first kappa shape index (κ1) is 14.0. The van der Waals surface area contributed by atoms with Crippen molar-refractivity contribution in [2.45, 2.75) is 26.8 Å². The second-order valence-corrected chi connectivity index (χ2v) is 5.50. The number of imidazole rings is 1. The molecule has 3 aromatic heterocycles. The van der Waals surface area contributed by atoms with Crippen LogP contribution in [0, 0.1) is 13.8 Å². The van der Waals surface area contributed by atoms with Gasteiger partial charge in [-0.2, -0.15) is 0 Å². The van der Waals surface area contributed by atoms with E-state index in [0.29, 0.717) is 12.4 Å². The number of aryl methyl sites for hydroxylation is 3. The molecule has 0 saturated heterocycles. The molecule has 0 fully saturated rings. The summed E-state index contributed by atoms with van der Waals surface area (Å²) >= 11 is 5.91. The highest BCUT2D eigenvalue weighted by Gasteiger charge is 2.13. The summed E-state index contributed by atoms with van der Waals surface area (Å²) < 4.78 is 2.12. The van der Waals surface area contributed by atoms with Crippen LogP contribution in [-0.2, 0) is 13.0 Å². The van der Waals surface area contributed by atoms with Crippen molar-refractivity contribution in [2.75, 3.05) is 5.88 Å². The number of nitrogens with zero attached hydrogens (tertiary/aromatic N) is 4. The van der Waals surface area contributed by atoms with E-state index in [2.05, 4.69) is 21.5 Å². The van der Waals surface area contributed by atoms with Gasteiger partial charge in [-0.3, -0.25) is 4.98 Å². The van der Waals surface area contributed by atoms with Gasteiger partial charge in [0.2, 0.25) is 0 Å². The highest BCUT2D eigenvalue weighted by atomic mass is 35.5. The number of rotatable bonds is 4. The fourth-order valence-electron chi connectivity index (χ4n) is 2.47. The quantitative estimate of drug-likeness (QED) is 0.695. The first-order valence-electron chi connectivity index (χ1n) is 6.98. The third-order valence-corrected chi connectivity index (χ3v) is 3.69. The molecule has 0 unspecified atom stereocenters. The molecule has 0 aliphatic rings. The Morgan fingerprint density at radius 1 is 1.14 bits per heavy atom. The maximum absolute atomic E-state index is 5.91. The van der Waals surface area contributed by atoms with E-state index >= 15 is 0 Å². The van der Waals surface area contributed by atoms with E-state index < -0.39 is 0 Å². The van der Waals surface area contributed by atoms with E-state index in [-0.39, 0.29) is 0 Å². The zero-order valence-corrected chi connectivity index (χ0v) is 12.9. The molecule has 0 radical (unpaired) electrons. The molecule has 0 bridgehead atoms. The van der Waals surface area contributed by atoms with Gasteiger partial charge >= 0.3 is 0 Å². The Bertz CT molecular complexity index is 779. The normalized spacial score (nSPS) is 11.2. The Hall–Kier alpha value is -1.94. The minimum absolute atomic E-state index is 0.545. The van der Waals surface area contributed by atoms with Gasteiger partial charge in [-0.1, -0.05) is 6.07 Å². The fourth-order valence-corrected chi connectivity index (χ4v) is 2.64. The van der Waals surface area contributed by atoms with Gasteiger partial charge in [0, 0.05) is 24.2 Å². The monoisotopic (exact) mass is 300 g/mol. The van der Waals surface area contributed by atoms with Gasteiger partial charge in [0.05, 0.1) is 12.2 Å². The number of halogens is 1. The molecule has 3 aromatic rings. The molecule has 5 heteroatoms. The van der Waals surface area contributed by atoms with Crippen molar-refractivity contribution >= 4 is 22.8 Å². The van der Waals surface area contributed by atoms with E-state index in [4.69, 9.17) is 16.6 Å². The van der Waals surface area contributed by atoms with Crippen molar-refractivity contribution in [1.29, 1.82) is 0 Å². The summed E-state index contributed by atoms with van der Waals surface area (Å²) in [7, 11) is 0. The molecule has 0 atom stereocenters. The average Bonchev–Trinajstić information content (AvgIpc) is 2.79. The van der Waals surface area contributed by atoms with E-state index in [1.54, 1.807) is 0 Å². The van der Waals surface area contributed by atoms with E-state index in [1.807, 2.05) is 37.4 Å². The first-order chi connectivity index (χ1) is 10.2. The first-order valence-corrected chi connectivity index (χ1v) is 7.51. The third-order valence-electron chi connectivity index (χ3n) is 3.50. The third kappa shape index (κ3) is 2.76. The zero-order valence-electron chi connectivity index (χ0n) is 12.2. The maximum Gasteiger partial charge on any atom is 0.160 e. The van der Waals surface area contributed by atoms with Crippen LogP contribution in [0.4, 0.5) is 0 Å². The Balaban J connectivity index is 2.11. The number of aromatic nitrogens is 4. The molecular weight excluding hydrogens is 284 g/mol. The van der Waals surface area contributed by atoms with Crippen LogP contribution >= 0.6 is 11.6 Å². The lowest BCUT2D eigenvalue weighted by atomic mass is 10.2. The number of fused-ring (bicyclic) bond motifs is 1. The molecule has 3 rings (SSSR count). The van der Waals surface area contributed by atoms with Crippen LogP contribution in [0.2, 0.25) is 0 Å². The Morgan fingerprint density at radius 2 is 2.00 bits per heavy atom. The van der Waals surface area contributed by atoms with Crippen LogP contribution in [0.15, 0.2) is 30.5 Å². The van der Waals surface area contributed by atoms with Crippen LogP contribution in [0.1, 0.15) is 22.8 Å². The number of pyridine rings is 2. The highest BCUT2D eigenvalue weighted by Crippen LogP contribution is 2.19. The Kier molecular flexibility index (Phi) is 3.88. The lowest BCUT2D eigenvalue weighted by Gasteiger charge is -2.08. The van der Waals surface area contributed by atoms with Gasteiger partial charge < -0.3 is 4.57 Å². The van der Waals surface area contributed by atoms with Crippen molar-refractivity contribution < 1.29 is 0 Å². The summed E-state index contributed by atoms with van der Waals surface area (Å²) in [6, 6.07) is 8.03. The summed E-state index contributed by atoms with van der Waals surface area (Å²) in [4.78, 5) is 13.8. The lowest BCUT2D eigenvalue weighted by Crippen LogP contribution is -2.08. The molecule has 0 aromatic carbocycles. The van der Waals surface area contributed by atoms with Crippen LogP contribution in [-0.4, -0.2) is 25.4 Å². The molecule has 3 heterocycles. The zero-order chi connectivity index (χ0) is 14.8. The van der Waals surface area contributed by atoms with Crippen molar-refractivity contribution in [2.24, 2.45) is 0 Å². The van der Waals surface area contributed by atoms with Crippen molar-refractivity contribution in [3.05, 3.63) is 53.2 Å². The van der Waals surface area contributed by atoms with Gasteiger partial charge in [-0.15, -0.1) is 11.6 Å². The second kappa shape index (κ2) is 5.82. The highest BCUT2D eigenvalue weighted by molar-refractivity contribution is 6.17. The summed E-state index contributed by atoms with van der Waals surface area (Å²) in [6.07, 6.45) is 2.55. The molecule has 21 heavy (non-hydrogen) atoms. The van der Waals surface area contributed by atoms with Crippen LogP contribution in [0.25, 0.3) is 11.2 Å². The Morgan fingerprint density at radius 3 is 2.76 bits per heavy atom. The van der Waals surface area contributed by atoms with Gasteiger partial charge in [-0.25, -0.2) is 9.97 Å².